The molecule has 9 heteroatoms. The van der Waals surface area contributed by atoms with E-state index in [1.165, 1.54) is 16.6 Å². The van der Waals surface area contributed by atoms with Gasteiger partial charge >= 0.3 is 5.97 Å². The fraction of sp³-hybridized carbons (Fsp3) is 0.375. The molecule has 0 amide bonds. The molecule has 0 aliphatic carbocycles. The van der Waals surface area contributed by atoms with Crippen molar-refractivity contribution in [2.45, 2.75) is 17.0 Å². The topological polar surface area (TPSA) is 93.8 Å². The number of carboxylic acid groups (broad SMARTS) is 1. The number of rotatable bonds is 4. The first-order valence-electron chi connectivity index (χ1n) is 4.62. The molecule has 2 heterocycles. The van der Waals surface area contributed by atoms with E-state index in [1.54, 1.807) is 14.0 Å². The van der Waals surface area contributed by atoms with Gasteiger partial charge in [-0.25, -0.2) is 9.78 Å². The van der Waals surface area contributed by atoms with Crippen molar-refractivity contribution in [3.05, 3.63) is 16.4 Å². The number of aromatic carboxylic acids is 1. The Morgan fingerprint density at radius 3 is 2.88 bits per heavy atom. The van der Waals surface area contributed by atoms with E-state index in [0.29, 0.717) is 21.6 Å². The van der Waals surface area contributed by atoms with Crippen LogP contribution in [0.1, 0.15) is 21.2 Å². The number of tetrazole rings is 1. The molecular formula is C8H9N5O2S2. The lowest BCUT2D eigenvalue weighted by molar-refractivity contribution is 0.0701. The predicted molar refractivity (Wildman–Crippen MR) is 62.2 cm³/mol. The summed E-state index contributed by atoms with van der Waals surface area (Å²) in [6.07, 6.45) is 0. The van der Waals surface area contributed by atoms with E-state index in [0.717, 1.165) is 11.3 Å². The van der Waals surface area contributed by atoms with Crippen LogP contribution in [0.3, 0.4) is 0 Å². The molecular weight excluding hydrogens is 262 g/mol. The van der Waals surface area contributed by atoms with Crippen molar-refractivity contribution < 1.29 is 9.90 Å². The normalized spacial score (nSPS) is 10.7. The number of carboxylic acids is 1. The lowest BCUT2D eigenvalue weighted by Gasteiger charge is -1.90. The second kappa shape index (κ2) is 4.80. The molecule has 0 aliphatic rings. The van der Waals surface area contributed by atoms with Gasteiger partial charge in [0.2, 0.25) is 0 Å². The molecule has 0 aliphatic heterocycles. The molecule has 7 nitrogen and oxygen atoms in total. The molecule has 0 radical (unpaired) electrons. The zero-order valence-corrected chi connectivity index (χ0v) is 10.7. The summed E-state index contributed by atoms with van der Waals surface area (Å²) in [5.74, 6) is 0.187. The predicted octanol–water partition coefficient (Wildman–Crippen LogP) is 0.966. The number of carbonyl (C=O) groups is 1. The van der Waals surface area contributed by atoms with Crippen molar-refractivity contribution in [3.63, 3.8) is 0 Å². The Morgan fingerprint density at radius 2 is 2.35 bits per heavy atom. The SMILES string of the molecule is Cc1nc(SCc2nnn(C)n2)sc1C(=O)O. The standard InChI is InChI=1S/C8H9N5O2S2/c1-4-6(7(14)15)17-8(9-4)16-3-5-10-12-13(2)11-5/h3H2,1-2H3,(H,14,15). The summed E-state index contributed by atoms with van der Waals surface area (Å²) in [7, 11) is 1.69. The molecule has 0 aromatic carbocycles. The average molecular weight is 271 g/mol. The van der Waals surface area contributed by atoms with Crippen LogP contribution in [-0.4, -0.2) is 36.3 Å². The summed E-state index contributed by atoms with van der Waals surface area (Å²) in [5, 5.41) is 20.5. The summed E-state index contributed by atoms with van der Waals surface area (Å²) < 4.78 is 0.701. The summed E-state index contributed by atoms with van der Waals surface area (Å²) >= 11 is 2.57. The molecule has 2 aromatic rings. The van der Waals surface area contributed by atoms with Crippen LogP contribution in [0.4, 0.5) is 0 Å². The zero-order valence-electron chi connectivity index (χ0n) is 9.12. The third-order valence-electron chi connectivity index (χ3n) is 1.85. The highest BCUT2D eigenvalue weighted by molar-refractivity contribution is 8.00. The molecule has 0 saturated heterocycles. The average Bonchev–Trinajstić information content (AvgIpc) is 2.82. The maximum absolute atomic E-state index is 10.8. The maximum Gasteiger partial charge on any atom is 0.347 e. The largest absolute Gasteiger partial charge is 0.477 e. The molecule has 2 rings (SSSR count). The summed E-state index contributed by atoms with van der Waals surface area (Å²) in [6.45, 7) is 1.69. The molecule has 0 spiro atoms. The highest BCUT2D eigenvalue weighted by Gasteiger charge is 2.14. The maximum atomic E-state index is 10.8. The van der Waals surface area contributed by atoms with Crippen LogP contribution in [0.5, 0.6) is 0 Å². The van der Waals surface area contributed by atoms with Gasteiger partial charge in [0.15, 0.2) is 10.2 Å². The molecule has 0 fully saturated rings. The fourth-order valence-electron chi connectivity index (χ4n) is 1.14. The second-order valence-electron chi connectivity index (χ2n) is 3.18. The van der Waals surface area contributed by atoms with Crippen LogP contribution < -0.4 is 0 Å². The van der Waals surface area contributed by atoms with Crippen LogP contribution in [0.2, 0.25) is 0 Å². The van der Waals surface area contributed by atoms with Crippen molar-refractivity contribution in [1.82, 2.24) is 25.2 Å². The minimum Gasteiger partial charge on any atom is -0.477 e. The van der Waals surface area contributed by atoms with Crippen molar-refractivity contribution >= 4 is 29.1 Å². The number of hydrogen-bond acceptors (Lipinski definition) is 7. The number of thiazole rings is 1. The third kappa shape index (κ3) is 2.80. The van der Waals surface area contributed by atoms with Crippen LogP contribution in [0.15, 0.2) is 4.34 Å². The lowest BCUT2D eigenvalue weighted by atomic mass is 10.4. The van der Waals surface area contributed by atoms with Gasteiger partial charge in [0.1, 0.15) is 4.88 Å². The molecule has 90 valence electrons. The first kappa shape index (κ1) is 12.0. The number of thioether (sulfide) groups is 1. The van der Waals surface area contributed by atoms with Crippen molar-refractivity contribution in [2.24, 2.45) is 7.05 Å². The number of aryl methyl sites for hydroxylation is 2. The highest BCUT2D eigenvalue weighted by atomic mass is 32.2. The van der Waals surface area contributed by atoms with Gasteiger partial charge in [-0.1, -0.05) is 11.8 Å². The van der Waals surface area contributed by atoms with Gasteiger partial charge in [-0.15, -0.1) is 21.5 Å². The smallest absolute Gasteiger partial charge is 0.347 e. The van der Waals surface area contributed by atoms with E-state index in [4.69, 9.17) is 5.11 Å². The van der Waals surface area contributed by atoms with Crippen LogP contribution in [-0.2, 0) is 12.8 Å². The lowest BCUT2D eigenvalue weighted by Crippen LogP contribution is -1.94. The Balaban J connectivity index is 2.04. The van der Waals surface area contributed by atoms with E-state index < -0.39 is 5.97 Å². The molecule has 0 unspecified atom stereocenters. The quantitative estimate of drug-likeness (QED) is 0.828. The molecule has 0 saturated carbocycles. The monoisotopic (exact) mass is 271 g/mol. The first-order chi connectivity index (χ1) is 8.06. The highest BCUT2D eigenvalue weighted by Crippen LogP contribution is 2.28. The van der Waals surface area contributed by atoms with Crippen LogP contribution in [0.25, 0.3) is 0 Å². The molecule has 0 bridgehead atoms. The van der Waals surface area contributed by atoms with E-state index in [1.807, 2.05) is 0 Å². The minimum atomic E-state index is -0.940. The molecule has 1 N–H and O–H groups in total. The van der Waals surface area contributed by atoms with E-state index in [2.05, 4.69) is 20.4 Å². The Morgan fingerprint density at radius 1 is 1.59 bits per heavy atom. The van der Waals surface area contributed by atoms with Gasteiger partial charge in [0.05, 0.1) is 18.5 Å². The van der Waals surface area contributed by atoms with E-state index in [9.17, 15) is 4.79 Å². The van der Waals surface area contributed by atoms with Gasteiger partial charge < -0.3 is 5.11 Å². The Kier molecular flexibility index (Phi) is 3.38. The number of hydrogen-bond donors (Lipinski definition) is 1. The number of nitrogens with zero attached hydrogens (tertiary/aromatic N) is 5. The Labute approximate surface area is 105 Å². The fourth-order valence-corrected chi connectivity index (χ4v) is 3.01. The first-order valence-corrected chi connectivity index (χ1v) is 6.43. The van der Waals surface area contributed by atoms with Crippen molar-refractivity contribution in [2.75, 3.05) is 0 Å². The molecule has 17 heavy (non-hydrogen) atoms. The van der Waals surface area contributed by atoms with Gasteiger partial charge in [0, 0.05) is 0 Å². The molecule has 0 atom stereocenters. The van der Waals surface area contributed by atoms with Crippen molar-refractivity contribution in [1.29, 1.82) is 0 Å². The molecule has 2 aromatic heterocycles. The van der Waals surface area contributed by atoms with Gasteiger partial charge in [-0.05, 0) is 12.1 Å². The van der Waals surface area contributed by atoms with Gasteiger partial charge in [-0.3, -0.25) is 0 Å². The van der Waals surface area contributed by atoms with Crippen molar-refractivity contribution in [3.8, 4) is 0 Å². The van der Waals surface area contributed by atoms with Gasteiger partial charge in [0.25, 0.3) is 0 Å². The zero-order chi connectivity index (χ0) is 12.4. The third-order valence-corrected chi connectivity index (χ3v) is 4.13. The summed E-state index contributed by atoms with van der Waals surface area (Å²) in [4.78, 5) is 16.7. The van der Waals surface area contributed by atoms with Crippen LogP contribution >= 0.6 is 23.1 Å². The minimum absolute atomic E-state index is 0.277. The Bertz CT molecular complexity index is 550. The van der Waals surface area contributed by atoms with Gasteiger partial charge in [-0.2, -0.15) is 4.80 Å². The summed E-state index contributed by atoms with van der Waals surface area (Å²) in [6, 6.07) is 0. The van der Waals surface area contributed by atoms with E-state index in [-0.39, 0.29) is 4.88 Å². The number of aromatic nitrogens is 5. The Hall–Kier alpha value is -1.48. The second-order valence-corrected chi connectivity index (χ2v) is 5.40. The summed E-state index contributed by atoms with van der Waals surface area (Å²) in [5.41, 5.74) is 0.539. The van der Waals surface area contributed by atoms with Crippen LogP contribution in [0, 0.1) is 6.92 Å². The van der Waals surface area contributed by atoms with E-state index >= 15 is 0 Å².